The molecule has 1 saturated heterocycles. The molecule has 0 atom stereocenters. The number of anilines is 1. The van der Waals surface area contributed by atoms with Gasteiger partial charge in [-0.1, -0.05) is 48.5 Å². The SMILES string of the molecule is Cc1cccc(NC(=S)N2CC[NH+](C/C=C/c3ccccc3)CC2)c1C. The first kappa shape index (κ1) is 18.6. The highest BCUT2D eigenvalue weighted by Gasteiger charge is 2.21. The Morgan fingerprint density at radius 3 is 2.54 bits per heavy atom. The number of hydrogen-bond donors (Lipinski definition) is 2. The van der Waals surface area contributed by atoms with Crippen molar-refractivity contribution >= 4 is 29.1 Å². The van der Waals surface area contributed by atoms with Crippen LogP contribution in [-0.4, -0.2) is 42.7 Å². The summed E-state index contributed by atoms with van der Waals surface area (Å²) in [7, 11) is 0. The largest absolute Gasteiger partial charge is 0.338 e. The average Bonchev–Trinajstić information content (AvgIpc) is 2.67. The Hall–Kier alpha value is -2.17. The van der Waals surface area contributed by atoms with Crippen molar-refractivity contribution < 1.29 is 4.90 Å². The van der Waals surface area contributed by atoms with Crippen molar-refractivity contribution in [3.05, 3.63) is 71.3 Å². The fourth-order valence-corrected chi connectivity index (χ4v) is 3.53. The number of benzene rings is 2. The lowest BCUT2D eigenvalue weighted by Crippen LogP contribution is -3.14. The van der Waals surface area contributed by atoms with E-state index < -0.39 is 0 Å². The van der Waals surface area contributed by atoms with Crippen molar-refractivity contribution in [1.82, 2.24) is 4.90 Å². The van der Waals surface area contributed by atoms with Gasteiger partial charge in [0.1, 0.15) is 0 Å². The molecule has 0 aliphatic carbocycles. The van der Waals surface area contributed by atoms with Crippen LogP contribution < -0.4 is 10.2 Å². The maximum Gasteiger partial charge on any atom is 0.173 e. The molecule has 3 rings (SSSR count). The van der Waals surface area contributed by atoms with E-state index in [1.165, 1.54) is 16.7 Å². The van der Waals surface area contributed by atoms with Gasteiger partial charge in [0, 0.05) is 5.69 Å². The van der Waals surface area contributed by atoms with Gasteiger partial charge in [0.15, 0.2) is 5.11 Å². The van der Waals surface area contributed by atoms with Gasteiger partial charge in [-0.2, -0.15) is 0 Å². The molecule has 2 aromatic carbocycles. The van der Waals surface area contributed by atoms with Crippen LogP contribution in [0.1, 0.15) is 16.7 Å². The monoisotopic (exact) mass is 366 g/mol. The molecule has 4 heteroatoms. The van der Waals surface area contributed by atoms with E-state index in [-0.39, 0.29) is 0 Å². The Kier molecular flexibility index (Phi) is 6.42. The third-order valence-corrected chi connectivity index (χ3v) is 5.48. The normalized spacial score (nSPS) is 15.4. The highest BCUT2D eigenvalue weighted by atomic mass is 32.1. The summed E-state index contributed by atoms with van der Waals surface area (Å²) in [6.45, 7) is 9.59. The Bertz CT molecular complexity index is 762. The third-order valence-electron chi connectivity index (χ3n) is 5.12. The summed E-state index contributed by atoms with van der Waals surface area (Å²) >= 11 is 5.64. The highest BCUT2D eigenvalue weighted by Crippen LogP contribution is 2.18. The molecular weight excluding hydrogens is 338 g/mol. The second-order valence-corrected chi connectivity index (χ2v) is 7.32. The van der Waals surface area contributed by atoms with Crippen LogP contribution in [0.25, 0.3) is 6.08 Å². The summed E-state index contributed by atoms with van der Waals surface area (Å²) in [5.74, 6) is 0. The topological polar surface area (TPSA) is 19.7 Å². The van der Waals surface area contributed by atoms with Gasteiger partial charge in [0.25, 0.3) is 0 Å². The molecule has 26 heavy (non-hydrogen) atoms. The van der Waals surface area contributed by atoms with Gasteiger partial charge < -0.3 is 15.1 Å². The first-order valence-corrected chi connectivity index (χ1v) is 9.71. The molecule has 1 fully saturated rings. The number of aryl methyl sites for hydroxylation is 1. The Morgan fingerprint density at radius 2 is 1.81 bits per heavy atom. The zero-order valence-corrected chi connectivity index (χ0v) is 16.5. The molecule has 1 heterocycles. The summed E-state index contributed by atoms with van der Waals surface area (Å²) < 4.78 is 0. The number of nitrogens with zero attached hydrogens (tertiary/aromatic N) is 1. The van der Waals surface area contributed by atoms with Crippen molar-refractivity contribution in [1.29, 1.82) is 0 Å². The minimum atomic E-state index is 0.845. The standard InChI is InChI=1S/C22H27N3S/c1-18-8-6-12-21(19(18)2)23-22(26)25-16-14-24(15-17-25)13-7-11-20-9-4-3-5-10-20/h3-12H,13-17H2,1-2H3,(H,23,26)/p+1/b11-7+. The van der Waals surface area contributed by atoms with E-state index in [1.54, 1.807) is 4.90 Å². The quantitative estimate of drug-likeness (QED) is 0.812. The molecule has 0 saturated carbocycles. The second kappa shape index (κ2) is 8.97. The zero-order valence-electron chi connectivity index (χ0n) is 15.7. The fraction of sp³-hybridized carbons (Fsp3) is 0.318. The Labute approximate surface area is 162 Å². The van der Waals surface area contributed by atoms with Gasteiger partial charge in [0.05, 0.1) is 32.7 Å². The minimum Gasteiger partial charge on any atom is -0.338 e. The lowest BCUT2D eigenvalue weighted by Gasteiger charge is -2.33. The van der Waals surface area contributed by atoms with Crippen LogP contribution in [0.3, 0.4) is 0 Å². The zero-order chi connectivity index (χ0) is 18.4. The van der Waals surface area contributed by atoms with Gasteiger partial charge in [-0.25, -0.2) is 0 Å². The predicted molar refractivity (Wildman–Crippen MR) is 115 cm³/mol. The molecule has 136 valence electrons. The van der Waals surface area contributed by atoms with Crippen LogP contribution in [0.2, 0.25) is 0 Å². The van der Waals surface area contributed by atoms with E-state index in [0.717, 1.165) is 43.5 Å². The molecule has 2 N–H and O–H groups in total. The van der Waals surface area contributed by atoms with E-state index in [1.807, 2.05) is 0 Å². The first-order chi connectivity index (χ1) is 12.6. The van der Waals surface area contributed by atoms with E-state index in [4.69, 9.17) is 12.2 Å². The smallest absolute Gasteiger partial charge is 0.173 e. The number of nitrogens with one attached hydrogen (secondary N) is 2. The van der Waals surface area contributed by atoms with Gasteiger partial charge in [-0.3, -0.25) is 0 Å². The van der Waals surface area contributed by atoms with Crippen molar-refractivity contribution in [2.45, 2.75) is 13.8 Å². The molecule has 0 amide bonds. The van der Waals surface area contributed by atoms with Gasteiger partial charge in [-0.05, 0) is 54.9 Å². The van der Waals surface area contributed by atoms with Crippen LogP contribution in [0, 0.1) is 13.8 Å². The maximum absolute atomic E-state index is 5.64. The summed E-state index contributed by atoms with van der Waals surface area (Å²) in [5, 5.41) is 4.28. The van der Waals surface area contributed by atoms with Crippen molar-refractivity contribution in [2.75, 3.05) is 38.0 Å². The molecule has 2 aromatic rings. The summed E-state index contributed by atoms with van der Waals surface area (Å²) in [6.07, 6.45) is 4.50. The van der Waals surface area contributed by atoms with Crippen molar-refractivity contribution in [3.8, 4) is 0 Å². The molecular formula is C22H28N3S+. The Balaban J connectivity index is 1.46. The number of quaternary nitrogens is 1. The van der Waals surface area contributed by atoms with Crippen molar-refractivity contribution in [3.63, 3.8) is 0 Å². The van der Waals surface area contributed by atoms with E-state index in [9.17, 15) is 0 Å². The molecule has 0 radical (unpaired) electrons. The predicted octanol–water partition coefficient (Wildman–Crippen LogP) is 2.91. The van der Waals surface area contributed by atoms with Crippen LogP contribution in [0.15, 0.2) is 54.6 Å². The van der Waals surface area contributed by atoms with E-state index in [0.29, 0.717) is 0 Å². The van der Waals surface area contributed by atoms with Crippen LogP contribution in [-0.2, 0) is 0 Å². The van der Waals surface area contributed by atoms with Gasteiger partial charge in [-0.15, -0.1) is 0 Å². The summed E-state index contributed by atoms with van der Waals surface area (Å²) in [5.41, 5.74) is 4.95. The number of piperazine rings is 1. The van der Waals surface area contributed by atoms with Gasteiger partial charge >= 0.3 is 0 Å². The second-order valence-electron chi connectivity index (χ2n) is 6.93. The van der Waals surface area contributed by atoms with Gasteiger partial charge in [0.2, 0.25) is 0 Å². The number of rotatable bonds is 4. The number of thiocarbonyl (C=S) groups is 1. The van der Waals surface area contributed by atoms with Crippen LogP contribution in [0.4, 0.5) is 5.69 Å². The lowest BCUT2D eigenvalue weighted by atomic mass is 10.1. The van der Waals surface area contributed by atoms with Crippen molar-refractivity contribution in [2.24, 2.45) is 0 Å². The Morgan fingerprint density at radius 1 is 1.08 bits per heavy atom. The molecule has 0 aromatic heterocycles. The van der Waals surface area contributed by atoms with Crippen LogP contribution in [0.5, 0.6) is 0 Å². The van der Waals surface area contributed by atoms with E-state index >= 15 is 0 Å². The fourth-order valence-electron chi connectivity index (χ4n) is 3.24. The first-order valence-electron chi connectivity index (χ1n) is 9.31. The van der Waals surface area contributed by atoms with Crippen LogP contribution >= 0.6 is 12.2 Å². The molecule has 1 aliphatic rings. The maximum atomic E-state index is 5.64. The minimum absolute atomic E-state index is 0.845. The molecule has 3 nitrogen and oxygen atoms in total. The molecule has 0 unspecified atom stereocenters. The molecule has 0 bridgehead atoms. The average molecular weight is 367 g/mol. The lowest BCUT2D eigenvalue weighted by molar-refractivity contribution is -0.897. The summed E-state index contributed by atoms with van der Waals surface area (Å²) in [4.78, 5) is 3.91. The number of hydrogen-bond acceptors (Lipinski definition) is 1. The molecule has 0 spiro atoms. The highest BCUT2D eigenvalue weighted by molar-refractivity contribution is 7.80. The molecule has 1 aliphatic heterocycles. The van der Waals surface area contributed by atoms with E-state index in [2.05, 4.69) is 84.7 Å². The third kappa shape index (κ3) is 4.93. The summed E-state index contributed by atoms with van der Waals surface area (Å²) in [6, 6.07) is 16.8.